The average molecular weight is 416 g/mol. The number of hydrogen-bond donors (Lipinski definition) is 2. The summed E-state index contributed by atoms with van der Waals surface area (Å²) in [6, 6.07) is 12.2. The first kappa shape index (κ1) is 16.6. The molecular formula is C15H14BrNO4S2. The predicted molar refractivity (Wildman–Crippen MR) is 91.1 cm³/mol. The molecule has 1 aromatic heterocycles. The SMILES string of the molecule is CC1[C@H](c2ccccc2)[C@]1(NS(=O)(=O)c1ccc(Br)s1)C(=O)O. The molecule has 1 aromatic carbocycles. The molecule has 8 heteroatoms. The summed E-state index contributed by atoms with van der Waals surface area (Å²) in [7, 11) is -3.90. The number of sulfonamides is 1. The number of hydrogen-bond acceptors (Lipinski definition) is 4. The number of carboxylic acid groups (broad SMARTS) is 1. The molecule has 0 bridgehead atoms. The highest BCUT2D eigenvalue weighted by Gasteiger charge is 2.70. The van der Waals surface area contributed by atoms with E-state index in [1.807, 2.05) is 30.3 Å². The van der Waals surface area contributed by atoms with Gasteiger partial charge in [-0.3, -0.25) is 4.79 Å². The third kappa shape index (κ3) is 2.73. The van der Waals surface area contributed by atoms with Gasteiger partial charge >= 0.3 is 5.97 Å². The quantitative estimate of drug-likeness (QED) is 0.785. The zero-order valence-corrected chi connectivity index (χ0v) is 15.3. The standard InChI is InChI=1S/C15H14BrNO4S2/c1-9-13(10-5-3-2-4-6-10)15(9,14(18)19)17-23(20,21)12-8-7-11(16)22-12/h2-9,13,17H,1H3,(H,18,19)/t9?,13-,15+/m1/s1. The predicted octanol–water partition coefficient (Wildman–Crippen LogP) is 3.05. The van der Waals surface area contributed by atoms with Gasteiger partial charge in [0.05, 0.1) is 3.79 Å². The van der Waals surface area contributed by atoms with Crippen LogP contribution < -0.4 is 4.72 Å². The summed E-state index contributed by atoms with van der Waals surface area (Å²) in [5.74, 6) is -1.88. The summed E-state index contributed by atoms with van der Waals surface area (Å²) in [5.41, 5.74) is -0.686. The Labute approximate surface area is 146 Å². The van der Waals surface area contributed by atoms with Gasteiger partial charge in [-0.15, -0.1) is 11.3 Å². The molecule has 1 heterocycles. The van der Waals surface area contributed by atoms with E-state index in [0.29, 0.717) is 3.79 Å². The number of benzene rings is 1. The van der Waals surface area contributed by atoms with E-state index in [0.717, 1.165) is 16.9 Å². The molecule has 5 nitrogen and oxygen atoms in total. The fraction of sp³-hybridized carbons (Fsp3) is 0.267. The van der Waals surface area contributed by atoms with E-state index in [9.17, 15) is 18.3 Å². The lowest BCUT2D eigenvalue weighted by molar-refractivity contribution is -0.140. The van der Waals surface area contributed by atoms with Crippen molar-refractivity contribution < 1.29 is 18.3 Å². The lowest BCUT2D eigenvalue weighted by atomic mass is 10.1. The third-order valence-corrected chi connectivity index (χ3v) is 7.83. The molecule has 1 aliphatic rings. The zero-order valence-electron chi connectivity index (χ0n) is 12.1. The molecule has 0 spiro atoms. The Morgan fingerprint density at radius 3 is 2.43 bits per heavy atom. The van der Waals surface area contributed by atoms with Gasteiger partial charge in [-0.2, -0.15) is 4.72 Å². The lowest BCUT2D eigenvalue weighted by Crippen LogP contribution is -2.45. The van der Waals surface area contributed by atoms with Crippen LogP contribution in [0.1, 0.15) is 18.4 Å². The summed E-state index contributed by atoms with van der Waals surface area (Å²) in [5, 5.41) is 9.69. The van der Waals surface area contributed by atoms with Crippen LogP contribution in [0.2, 0.25) is 0 Å². The number of carbonyl (C=O) groups is 1. The van der Waals surface area contributed by atoms with Crippen molar-refractivity contribution in [2.24, 2.45) is 5.92 Å². The maximum atomic E-state index is 12.5. The van der Waals surface area contributed by atoms with E-state index in [-0.39, 0.29) is 16.0 Å². The second kappa shape index (κ2) is 5.70. The van der Waals surface area contributed by atoms with Gasteiger partial charge in [0, 0.05) is 5.92 Å². The number of halogens is 1. The molecule has 122 valence electrons. The van der Waals surface area contributed by atoms with Crippen LogP contribution in [0.3, 0.4) is 0 Å². The second-order valence-corrected chi connectivity index (χ2v) is 9.89. The second-order valence-electron chi connectivity index (χ2n) is 5.52. The minimum Gasteiger partial charge on any atom is -0.480 e. The van der Waals surface area contributed by atoms with Gasteiger partial charge in [0.2, 0.25) is 0 Å². The van der Waals surface area contributed by atoms with Gasteiger partial charge in [0.15, 0.2) is 0 Å². The highest BCUT2D eigenvalue weighted by Crippen LogP contribution is 2.58. The van der Waals surface area contributed by atoms with Gasteiger partial charge in [0.1, 0.15) is 9.75 Å². The molecule has 3 atom stereocenters. The van der Waals surface area contributed by atoms with E-state index in [4.69, 9.17) is 0 Å². The van der Waals surface area contributed by atoms with E-state index < -0.39 is 21.5 Å². The molecule has 0 aliphatic heterocycles. The molecular weight excluding hydrogens is 402 g/mol. The average Bonchev–Trinajstić information content (AvgIpc) is 2.85. The summed E-state index contributed by atoms with van der Waals surface area (Å²) in [6.45, 7) is 1.75. The lowest BCUT2D eigenvalue weighted by Gasteiger charge is -2.15. The minimum atomic E-state index is -3.90. The van der Waals surface area contributed by atoms with Crippen LogP contribution in [0.5, 0.6) is 0 Å². The third-order valence-electron chi connectivity index (χ3n) is 4.23. The molecule has 0 amide bonds. The first-order valence-electron chi connectivity index (χ1n) is 6.86. The van der Waals surface area contributed by atoms with Crippen molar-refractivity contribution in [1.29, 1.82) is 0 Å². The summed E-state index contributed by atoms with van der Waals surface area (Å²) in [6.07, 6.45) is 0. The van der Waals surface area contributed by atoms with Crippen LogP contribution in [0.25, 0.3) is 0 Å². The molecule has 1 aliphatic carbocycles. The Morgan fingerprint density at radius 2 is 1.91 bits per heavy atom. The van der Waals surface area contributed by atoms with Crippen LogP contribution >= 0.6 is 27.3 Å². The molecule has 0 saturated heterocycles. The Bertz CT molecular complexity index is 849. The molecule has 23 heavy (non-hydrogen) atoms. The largest absolute Gasteiger partial charge is 0.480 e. The summed E-state index contributed by atoms with van der Waals surface area (Å²) >= 11 is 4.27. The van der Waals surface area contributed by atoms with Crippen molar-refractivity contribution in [2.75, 3.05) is 0 Å². The van der Waals surface area contributed by atoms with Gasteiger partial charge in [0.25, 0.3) is 10.0 Å². The molecule has 1 saturated carbocycles. The number of aliphatic carboxylic acids is 1. The number of carboxylic acids is 1. The summed E-state index contributed by atoms with van der Waals surface area (Å²) < 4.78 is 28.3. The first-order chi connectivity index (χ1) is 10.8. The maximum absolute atomic E-state index is 12.5. The smallest absolute Gasteiger partial charge is 0.325 e. The molecule has 1 fully saturated rings. The maximum Gasteiger partial charge on any atom is 0.325 e. The zero-order chi connectivity index (χ0) is 16.8. The fourth-order valence-corrected chi connectivity index (χ4v) is 6.48. The minimum absolute atomic E-state index is 0.0934. The Hall–Kier alpha value is -1.22. The number of nitrogens with one attached hydrogen (secondary N) is 1. The van der Waals surface area contributed by atoms with E-state index in [1.165, 1.54) is 6.07 Å². The van der Waals surface area contributed by atoms with Gasteiger partial charge in [-0.1, -0.05) is 37.3 Å². The van der Waals surface area contributed by atoms with Crippen molar-refractivity contribution in [3.05, 3.63) is 51.8 Å². The molecule has 0 radical (unpaired) electrons. The Morgan fingerprint density at radius 1 is 1.26 bits per heavy atom. The topological polar surface area (TPSA) is 83.5 Å². The Balaban J connectivity index is 1.97. The van der Waals surface area contributed by atoms with Gasteiger partial charge in [-0.25, -0.2) is 8.42 Å². The van der Waals surface area contributed by atoms with Crippen LogP contribution in [0.15, 0.2) is 50.5 Å². The molecule has 1 unspecified atom stereocenters. The van der Waals surface area contributed by atoms with Crippen molar-refractivity contribution in [1.82, 2.24) is 4.72 Å². The number of thiophene rings is 1. The van der Waals surface area contributed by atoms with Crippen LogP contribution in [-0.2, 0) is 14.8 Å². The normalized spacial score (nSPS) is 26.9. The van der Waals surface area contributed by atoms with E-state index >= 15 is 0 Å². The first-order valence-corrected chi connectivity index (χ1v) is 9.96. The van der Waals surface area contributed by atoms with Crippen LogP contribution in [-0.4, -0.2) is 25.0 Å². The van der Waals surface area contributed by atoms with Gasteiger partial charge < -0.3 is 5.11 Å². The van der Waals surface area contributed by atoms with Crippen LogP contribution in [0, 0.1) is 5.92 Å². The monoisotopic (exact) mass is 415 g/mol. The van der Waals surface area contributed by atoms with Crippen molar-refractivity contribution >= 4 is 43.3 Å². The molecule has 3 rings (SSSR count). The summed E-state index contributed by atoms with van der Waals surface area (Å²) in [4.78, 5) is 11.9. The highest BCUT2D eigenvalue weighted by molar-refractivity contribution is 9.11. The van der Waals surface area contributed by atoms with Crippen molar-refractivity contribution in [3.63, 3.8) is 0 Å². The number of rotatable bonds is 5. The molecule has 2 N–H and O–H groups in total. The molecule has 2 aromatic rings. The Kier molecular flexibility index (Phi) is 4.12. The van der Waals surface area contributed by atoms with Crippen LogP contribution in [0.4, 0.5) is 0 Å². The van der Waals surface area contributed by atoms with Crippen molar-refractivity contribution in [3.8, 4) is 0 Å². The van der Waals surface area contributed by atoms with Gasteiger partial charge in [-0.05, 0) is 39.5 Å². The van der Waals surface area contributed by atoms with E-state index in [1.54, 1.807) is 13.0 Å². The highest BCUT2D eigenvalue weighted by atomic mass is 79.9. The van der Waals surface area contributed by atoms with E-state index in [2.05, 4.69) is 20.7 Å². The van der Waals surface area contributed by atoms with Crippen molar-refractivity contribution in [2.45, 2.75) is 22.6 Å². The fourth-order valence-electron chi connectivity index (χ4n) is 3.02.